The molecule has 3 aromatic rings. The van der Waals surface area contributed by atoms with E-state index in [1.54, 1.807) is 6.33 Å². The first kappa shape index (κ1) is 15.0. The van der Waals surface area contributed by atoms with E-state index in [9.17, 15) is 4.79 Å². The number of nitrogens with zero attached hydrogens (tertiary/aromatic N) is 3. The minimum absolute atomic E-state index is 0.212. The second-order valence-corrected chi connectivity index (χ2v) is 5.41. The highest BCUT2D eigenvalue weighted by Crippen LogP contribution is 2.16. The van der Waals surface area contributed by atoms with Gasteiger partial charge in [-0.2, -0.15) is 0 Å². The highest BCUT2D eigenvalue weighted by atomic mass is 16.4. The van der Waals surface area contributed by atoms with E-state index >= 15 is 0 Å². The van der Waals surface area contributed by atoms with Gasteiger partial charge in [-0.05, 0) is 36.6 Å². The molecule has 2 heterocycles. The summed E-state index contributed by atoms with van der Waals surface area (Å²) >= 11 is 0. The first-order valence-corrected chi connectivity index (χ1v) is 7.39. The third kappa shape index (κ3) is 3.45. The van der Waals surface area contributed by atoms with Crippen LogP contribution in [0.3, 0.4) is 0 Å². The monoisotopic (exact) mass is 307 g/mol. The van der Waals surface area contributed by atoms with Gasteiger partial charge in [-0.25, -0.2) is 9.78 Å². The number of imidazole rings is 1. The fourth-order valence-electron chi connectivity index (χ4n) is 2.46. The van der Waals surface area contributed by atoms with Crippen LogP contribution in [-0.2, 0) is 13.0 Å². The van der Waals surface area contributed by atoms with E-state index in [-0.39, 0.29) is 5.56 Å². The van der Waals surface area contributed by atoms with E-state index in [1.165, 1.54) is 29.5 Å². The summed E-state index contributed by atoms with van der Waals surface area (Å²) in [4.78, 5) is 19.6. The van der Waals surface area contributed by atoms with Crippen LogP contribution in [0.5, 0.6) is 0 Å². The summed E-state index contributed by atoms with van der Waals surface area (Å²) in [5.74, 6) is -0.965. The molecule has 0 saturated carbocycles. The van der Waals surface area contributed by atoms with Gasteiger partial charge in [0.15, 0.2) is 0 Å². The molecule has 0 spiro atoms. The molecule has 0 aliphatic carbocycles. The Kier molecular flexibility index (Phi) is 4.19. The standard InChI is InChI=1S/C18H17N3O2/c1-13-4-2-3-5-14(13)7-9-21-11-17(20-12-21)16-10-15(18(22)23)6-8-19-16/h2-6,8,10-12H,7,9H2,1H3,(H,22,23). The van der Waals surface area contributed by atoms with E-state index in [2.05, 4.69) is 29.0 Å². The smallest absolute Gasteiger partial charge is 0.335 e. The first-order valence-electron chi connectivity index (χ1n) is 7.39. The van der Waals surface area contributed by atoms with E-state index in [4.69, 9.17) is 5.11 Å². The van der Waals surface area contributed by atoms with Crippen molar-refractivity contribution in [1.82, 2.24) is 14.5 Å². The minimum atomic E-state index is -0.965. The lowest BCUT2D eigenvalue weighted by atomic mass is 10.1. The van der Waals surface area contributed by atoms with Crippen molar-refractivity contribution in [3.63, 3.8) is 0 Å². The quantitative estimate of drug-likeness (QED) is 0.786. The molecule has 5 nitrogen and oxygen atoms in total. The number of benzene rings is 1. The highest BCUT2D eigenvalue weighted by Gasteiger charge is 2.08. The largest absolute Gasteiger partial charge is 0.478 e. The number of pyridine rings is 1. The molecule has 0 aliphatic rings. The van der Waals surface area contributed by atoms with Crippen molar-refractivity contribution in [2.45, 2.75) is 19.9 Å². The number of carboxylic acid groups (broad SMARTS) is 1. The fraction of sp³-hybridized carbons (Fsp3) is 0.167. The molecule has 0 fully saturated rings. The lowest BCUT2D eigenvalue weighted by Gasteiger charge is -2.05. The maximum absolute atomic E-state index is 11.0. The Hall–Kier alpha value is -2.95. The van der Waals surface area contributed by atoms with Crippen LogP contribution in [0, 0.1) is 6.92 Å². The molecule has 116 valence electrons. The zero-order valence-corrected chi connectivity index (χ0v) is 12.8. The molecule has 0 saturated heterocycles. The number of rotatable bonds is 5. The van der Waals surface area contributed by atoms with Crippen LogP contribution in [0.15, 0.2) is 55.1 Å². The van der Waals surface area contributed by atoms with Gasteiger partial charge < -0.3 is 9.67 Å². The lowest BCUT2D eigenvalue weighted by molar-refractivity contribution is 0.0697. The summed E-state index contributed by atoms with van der Waals surface area (Å²) in [6.07, 6.45) is 6.06. The highest BCUT2D eigenvalue weighted by molar-refractivity contribution is 5.88. The van der Waals surface area contributed by atoms with Gasteiger partial charge in [0.25, 0.3) is 0 Å². The summed E-state index contributed by atoms with van der Waals surface area (Å²) < 4.78 is 2.00. The molecule has 2 aromatic heterocycles. The Balaban J connectivity index is 1.74. The second kappa shape index (κ2) is 6.44. The second-order valence-electron chi connectivity index (χ2n) is 5.41. The van der Waals surface area contributed by atoms with Crippen molar-refractivity contribution in [3.8, 4) is 11.4 Å². The summed E-state index contributed by atoms with van der Waals surface area (Å²) in [5, 5.41) is 9.04. The van der Waals surface area contributed by atoms with E-state index < -0.39 is 5.97 Å². The molecule has 5 heteroatoms. The van der Waals surface area contributed by atoms with E-state index in [1.807, 2.05) is 22.9 Å². The van der Waals surface area contributed by atoms with Crippen molar-refractivity contribution in [2.75, 3.05) is 0 Å². The number of hydrogen-bond donors (Lipinski definition) is 1. The Morgan fingerprint density at radius 3 is 2.78 bits per heavy atom. The molecular formula is C18H17N3O2. The van der Waals surface area contributed by atoms with Gasteiger partial charge in [-0.1, -0.05) is 24.3 Å². The molecule has 0 aliphatic heterocycles. The van der Waals surface area contributed by atoms with Crippen LogP contribution < -0.4 is 0 Å². The normalized spacial score (nSPS) is 10.7. The van der Waals surface area contributed by atoms with Crippen molar-refractivity contribution >= 4 is 5.97 Å². The third-order valence-electron chi connectivity index (χ3n) is 3.80. The molecule has 0 unspecified atom stereocenters. The maximum atomic E-state index is 11.0. The van der Waals surface area contributed by atoms with Crippen LogP contribution >= 0.6 is 0 Å². The Morgan fingerprint density at radius 1 is 1.17 bits per heavy atom. The Labute approximate surface area is 134 Å². The molecule has 0 radical (unpaired) electrons. The molecule has 0 amide bonds. The number of aromatic carboxylic acids is 1. The van der Waals surface area contributed by atoms with Gasteiger partial charge >= 0.3 is 5.97 Å². The van der Waals surface area contributed by atoms with Gasteiger partial charge in [0.2, 0.25) is 0 Å². The van der Waals surface area contributed by atoms with Gasteiger partial charge in [0, 0.05) is 18.9 Å². The zero-order valence-electron chi connectivity index (χ0n) is 12.8. The predicted octanol–water partition coefficient (Wildman–Crippen LogP) is 3.19. The summed E-state index contributed by atoms with van der Waals surface area (Å²) in [5.41, 5.74) is 4.05. The molecular weight excluding hydrogens is 290 g/mol. The van der Waals surface area contributed by atoms with Crippen LogP contribution in [0.2, 0.25) is 0 Å². The van der Waals surface area contributed by atoms with Crippen LogP contribution in [0.1, 0.15) is 21.5 Å². The first-order chi connectivity index (χ1) is 11.1. The molecule has 1 aromatic carbocycles. The Morgan fingerprint density at radius 2 is 2.00 bits per heavy atom. The SMILES string of the molecule is Cc1ccccc1CCn1cnc(-c2cc(C(=O)O)ccn2)c1. The van der Waals surface area contributed by atoms with Crippen LogP contribution in [0.4, 0.5) is 0 Å². The number of hydrogen-bond acceptors (Lipinski definition) is 3. The molecule has 23 heavy (non-hydrogen) atoms. The number of carboxylic acids is 1. The van der Waals surface area contributed by atoms with Crippen LogP contribution in [-0.4, -0.2) is 25.6 Å². The van der Waals surface area contributed by atoms with Crippen molar-refractivity contribution in [2.24, 2.45) is 0 Å². The van der Waals surface area contributed by atoms with E-state index in [0.717, 1.165) is 13.0 Å². The van der Waals surface area contributed by atoms with Crippen molar-refractivity contribution in [1.29, 1.82) is 0 Å². The average molecular weight is 307 g/mol. The van der Waals surface area contributed by atoms with Gasteiger partial charge in [0.05, 0.1) is 17.6 Å². The summed E-state index contributed by atoms with van der Waals surface area (Å²) in [7, 11) is 0. The van der Waals surface area contributed by atoms with Gasteiger partial charge in [-0.15, -0.1) is 0 Å². The third-order valence-corrected chi connectivity index (χ3v) is 3.80. The van der Waals surface area contributed by atoms with Gasteiger partial charge in [-0.3, -0.25) is 4.98 Å². The van der Waals surface area contributed by atoms with Crippen LogP contribution in [0.25, 0.3) is 11.4 Å². The molecule has 1 N–H and O–H groups in total. The minimum Gasteiger partial charge on any atom is -0.478 e. The number of aryl methyl sites for hydroxylation is 3. The van der Waals surface area contributed by atoms with Crippen molar-refractivity contribution < 1.29 is 9.90 Å². The summed E-state index contributed by atoms with van der Waals surface area (Å²) in [6, 6.07) is 11.3. The average Bonchev–Trinajstić information content (AvgIpc) is 3.03. The van der Waals surface area contributed by atoms with Crippen molar-refractivity contribution in [3.05, 3.63) is 71.8 Å². The topological polar surface area (TPSA) is 68.0 Å². The van der Waals surface area contributed by atoms with Gasteiger partial charge in [0.1, 0.15) is 5.69 Å². The Bertz CT molecular complexity index is 840. The zero-order chi connectivity index (χ0) is 16.2. The number of aromatic nitrogens is 3. The predicted molar refractivity (Wildman–Crippen MR) is 87.3 cm³/mol. The number of carbonyl (C=O) groups is 1. The molecule has 0 bridgehead atoms. The fourth-order valence-corrected chi connectivity index (χ4v) is 2.46. The molecule has 0 atom stereocenters. The lowest BCUT2D eigenvalue weighted by Crippen LogP contribution is -2.00. The summed E-state index contributed by atoms with van der Waals surface area (Å²) in [6.45, 7) is 2.92. The molecule has 3 rings (SSSR count). The van der Waals surface area contributed by atoms with E-state index in [0.29, 0.717) is 11.4 Å². The maximum Gasteiger partial charge on any atom is 0.335 e.